The van der Waals surface area contributed by atoms with Gasteiger partial charge in [0.1, 0.15) is 23.6 Å². The first-order chi connectivity index (χ1) is 12.5. The molecule has 1 saturated heterocycles. The Morgan fingerprint density at radius 3 is 2.23 bits per heavy atom. The van der Waals surface area contributed by atoms with Gasteiger partial charge in [-0.2, -0.15) is 0 Å². The van der Waals surface area contributed by atoms with Crippen LogP contribution in [0.5, 0.6) is 11.5 Å². The van der Waals surface area contributed by atoms with E-state index in [9.17, 15) is 9.59 Å². The van der Waals surface area contributed by atoms with Crippen LogP contribution in [0, 0.1) is 5.92 Å². The molecule has 3 amide bonds. The van der Waals surface area contributed by atoms with Crippen LogP contribution in [0.3, 0.4) is 0 Å². The van der Waals surface area contributed by atoms with Crippen molar-refractivity contribution in [1.82, 2.24) is 10.2 Å². The molecule has 0 bridgehead atoms. The summed E-state index contributed by atoms with van der Waals surface area (Å²) in [7, 11) is 0. The molecule has 6 heteroatoms. The Balaban J connectivity index is 1.50. The minimum absolute atomic E-state index is 0.0960. The average Bonchev–Trinajstić information content (AvgIpc) is 2.88. The molecule has 1 aromatic rings. The molecule has 0 unspecified atom stereocenters. The van der Waals surface area contributed by atoms with Crippen molar-refractivity contribution in [3.8, 4) is 11.5 Å². The summed E-state index contributed by atoms with van der Waals surface area (Å²) >= 11 is 0. The van der Waals surface area contributed by atoms with Crippen LogP contribution in [0.2, 0.25) is 0 Å². The number of hydrogen-bond donors (Lipinski definition) is 1. The van der Waals surface area contributed by atoms with Gasteiger partial charge < -0.3 is 14.8 Å². The van der Waals surface area contributed by atoms with Crippen molar-refractivity contribution in [2.45, 2.75) is 51.5 Å². The van der Waals surface area contributed by atoms with Crippen molar-refractivity contribution in [3.05, 3.63) is 24.3 Å². The monoisotopic (exact) mass is 360 g/mol. The molecule has 2 aliphatic rings. The third kappa shape index (κ3) is 3.94. The van der Waals surface area contributed by atoms with Crippen LogP contribution >= 0.6 is 0 Å². The van der Waals surface area contributed by atoms with E-state index < -0.39 is 5.54 Å². The summed E-state index contributed by atoms with van der Waals surface area (Å²) in [5.74, 6) is 2.03. The molecule has 1 aromatic carbocycles. The van der Waals surface area contributed by atoms with Gasteiger partial charge in [0.2, 0.25) is 0 Å². The molecule has 3 rings (SSSR count). The number of nitrogens with one attached hydrogen (secondary N) is 1. The Morgan fingerprint density at radius 2 is 1.65 bits per heavy atom. The fourth-order valence-corrected chi connectivity index (χ4v) is 3.58. The quantitative estimate of drug-likeness (QED) is 0.757. The highest BCUT2D eigenvalue weighted by molar-refractivity contribution is 6.07. The van der Waals surface area contributed by atoms with Gasteiger partial charge in [-0.05, 0) is 62.3 Å². The van der Waals surface area contributed by atoms with E-state index in [1.165, 1.54) is 4.90 Å². The summed E-state index contributed by atoms with van der Waals surface area (Å²) in [5.41, 5.74) is -0.679. The lowest BCUT2D eigenvalue weighted by Crippen LogP contribution is -2.49. The summed E-state index contributed by atoms with van der Waals surface area (Å²) in [6.07, 6.45) is 4.38. The molecule has 1 aliphatic carbocycles. The van der Waals surface area contributed by atoms with E-state index >= 15 is 0 Å². The molecule has 0 atom stereocenters. The number of imide groups is 1. The third-order valence-corrected chi connectivity index (χ3v) is 5.25. The maximum atomic E-state index is 12.8. The number of hydrogen-bond acceptors (Lipinski definition) is 4. The zero-order chi connectivity index (χ0) is 18.6. The highest BCUT2D eigenvalue weighted by Crippen LogP contribution is 2.36. The largest absolute Gasteiger partial charge is 0.494 e. The normalized spacial score (nSPS) is 25.5. The molecule has 0 aromatic heterocycles. The summed E-state index contributed by atoms with van der Waals surface area (Å²) in [6, 6.07) is 7.09. The van der Waals surface area contributed by atoms with Gasteiger partial charge >= 0.3 is 6.03 Å². The molecule has 0 radical (unpaired) electrons. The second-order valence-electron chi connectivity index (χ2n) is 7.32. The molecular weight excluding hydrogens is 332 g/mol. The smallest absolute Gasteiger partial charge is 0.325 e. The maximum absolute atomic E-state index is 12.8. The fraction of sp³-hybridized carbons (Fsp3) is 0.600. The van der Waals surface area contributed by atoms with Crippen LogP contribution in [0.4, 0.5) is 4.79 Å². The number of carbonyl (C=O) groups excluding carboxylic acids is 2. The SMILES string of the molecule is CCCOc1ccc(OCCN2C(=O)NC3(CCC(C)CC3)C2=O)cc1. The summed E-state index contributed by atoms with van der Waals surface area (Å²) in [4.78, 5) is 26.3. The first kappa shape index (κ1) is 18.5. The Labute approximate surface area is 154 Å². The molecule has 1 heterocycles. The molecule has 2 fully saturated rings. The molecule has 1 spiro atoms. The maximum Gasteiger partial charge on any atom is 0.325 e. The van der Waals surface area contributed by atoms with Crippen molar-refractivity contribution >= 4 is 11.9 Å². The number of amides is 3. The molecule has 1 aliphatic heterocycles. The molecular formula is C20H28N2O4. The van der Waals surface area contributed by atoms with Gasteiger partial charge in [0.15, 0.2) is 0 Å². The number of carbonyl (C=O) groups is 2. The summed E-state index contributed by atoms with van der Waals surface area (Å²) < 4.78 is 11.2. The Bertz CT molecular complexity index is 636. The van der Waals surface area contributed by atoms with Crippen LogP contribution in [-0.2, 0) is 4.79 Å². The zero-order valence-electron chi connectivity index (χ0n) is 15.6. The standard InChI is InChI=1S/C20H28N2O4/c1-3-13-25-16-4-6-17(7-5-16)26-14-12-22-18(23)20(21-19(22)24)10-8-15(2)9-11-20/h4-7,15H,3,8-14H2,1-2H3,(H,21,24). The van der Waals surface area contributed by atoms with Gasteiger partial charge in [-0.3, -0.25) is 9.69 Å². The number of benzene rings is 1. The number of ether oxygens (including phenoxy) is 2. The van der Waals surface area contributed by atoms with E-state index in [1.54, 1.807) is 0 Å². The van der Waals surface area contributed by atoms with Crippen molar-refractivity contribution in [1.29, 1.82) is 0 Å². The highest BCUT2D eigenvalue weighted by atomic mass is 16.5. The van der Waals surface area contributed by atoms with E-state index in [-0.39, 0.29) is 25.1 Å². The minimum Gasteiger partial charge on any atom is -0.494 e. The molecule has 1 N–H and O–H groups in total. The van der Waals surface area contributed by atoms with Gasteiger partial charge in [0.25, 0.3) is 5.91 Å². The van der Waals surface area contributed by atoms with Gasteiger partial charge in [-0.15, -0.1) is 0 Å². The summed E-state index contributed by atoms with van der Waals surface area (Å²) in [6.45, 7) is 5.48. The van der Waals surface area contributed by atoms with Gasteiger partial charge in [-0.1, -0.05) is 13.8 Å². The van der Waals surface area contributed by atoms with E-state index in [1.807, 2.05) is 24.3 Å². The zero-order valence-corrected chi connectivity index (χ0v) is 15.6. The molecule has 26 heavy (non-hydrogen) atoms. The second-order valence-corrected chi connectivity index (χ2v) is 7.32. The van der Waals surface area contributed by atoms with Crippen LogP contribution < -0.4 is 14.8 Å². The number of nitrogens with zero attached hydrogens (tertiary/aromatic N) is 1. The van der Waals surface area contributed by atoms with Gasteiger partial charge in [0, 0.05) is 0 Å². The lowest BCUT2D eigenvalue weighted by molar-refractivity contribution is -0.132. The van der Waals surface area contributed by atoms with E-state index in [2.05, 4.69) is 19.2 Å². The second kappa shape index (κ2) is 7.98. The van der Waals surface area contributed by atoms with Gasteiger partial charge in [0.05, 0.1) is 13.2 Å². The van der Waals surface area contributed by atoms with E-state index in [0.717, 1.165) is 37.9 Å². The Hall–Kier alpha value is -2.24. The predicted octanol–water partition coefficient (Wildman–Crippen LogP) is 3.35. The minimum atomic E-state index is -0.679. The summed E-state index contributed by atoms with van der Waals surface area (Å²) in [5, 5.41) is 2.93. The molecule has 1 saturated carbocycles. The first-order valence-corrected chi connectivity index (χ1v) is 9.54. The van der Waals surface area contributed by atoms with Gasteiger partial charge in [-0.25, -0.2) is 4.79 Å². The fourth-order valence-electron chi connectivity index (χ4n) is 3.58. The van der Waals surface area contributed by atoms with Crippen LogP contribution in [0.25, 0.3) is 0 Å². The van der Waals surface area contributed by atoms with Crippen LogP contribution in [-0.4, -0.2) is 42.1 Å². The first-order valence-electron chi connectivity index (χ1n) is 9.54. The third-order valence-electron chi connectivity index (χ3n) is 5.25. The number of urea groups is 1. The topological polar surface area (TPSA) is 67.9 Å². The van der Waals surface area contributed by atoms with Crippen molar-refractivity contribution in [2.24, 2.45) is 5.92 Å². The number of rotatable bonds is 7. The molecule has 6 nitrogen and oxygen atoms in total. The lowest BCUT2D eigenvalue weighted by Gasteiger charge is -2.33. The van der Waals surface area contributed by atoms with E-state index in [4.69, 9.17) is 9.47 Å². The highest BCUT2D eigenvalue weighted by Gasteiger charge is 2.51. The predicted molar refractivity (Wildman–Crippen MR) is 98.3 cm³/mol. The van der Waals surface area contributed by atoms with Crippen molar-refractivity contribution in [2.75, 3.05) is 19.8 Å². The Morgan fingerprint density at radius 1 is 1.08 bits per heavy atom. The van der Waals surface area contributed by atoms with Crippen molar-refractivity contribution < 1.29 is 19.1 Å². The average molecular weight is 360 g/mol. The van der Waals surface area contributed by atoms with Crippen molar-refractivity contribution in [3.63, 3.8) is 0 Å². The Kier molecular flexibility index (Phi) is 5.69. The van der Waals surface area contributed by atoms with Crippen LogP contribution in [0.15, 0.2) is 24.3 Å². The van der Waals surface area contributed by atoms with Crippen LogP contribution in [0.1, 0.15) is 46.0 Å². The van der Waals surface area contributed by atoms with E-state index in [0.29, 0.717) is 18.3 Å². The lowest BCUT2D eigenvalue weighted by atomic mass is 9.77. The molecule has 142 valence electrons.